The van der Waals surface area contributed by atoms with Crippen LogP contribution in [0.1, 0.15) is 33.2 Å². The molecule has 3 N–H and O–H groups in total. The van der Waals surface area contributed by atoms with Crippen molar-refractivity contribution in [3.05, 3.63) is 77.1 Å². The van der Waals surface area contributed by atoms with Crippen LogP contribution in [0.15, 0.2) is 54.6 Å². The molecule has 7 nitrogen and oxygen atoms in total. The van der Waals surface area contributed by atoms with Crippen molar-refractivity contribution < 1.29 is 19.4 Å². The highest BCUT2D eigenvalue weighted by Gasteiger charge is 2.28. The van der Waals surface area contributed by atoms with Crippen molar-refractivity contribution in [1.82, 2.24) is 15.5 Å². The van der Waals surface area contributed by atoms with Crippen molar-refractivity contribution in [2.45, 2.75) is 12.5 Å². The van der Waals surface area contributed by atoms with Gasteiger partial charge >= 0.3 is 12.1 Å². The molecule has 3 aromatic rings. The number of alkyl carbamates (subject to hydrolysis) is 1. The second kappa shape index (κ2) is 6.95. The summed E-state index contributed by atoms with van der Waals surface area (Å²) in [5.41, 5.74) is 5.01. The smallest absolute Gasteiger partial charge is 0.407 e. The number of aromatic nitrogens is 2. The molecule has 2 aromatic carbocycles. The van der Waals surface area contributed by atoms with E-state index < -0.39 is 12.1 Å². The summed E-state index contributed by atoms with van der Waals surface area (Å²) >= 11 is 0. The molecule has 0 saturated carbocycles. The van der Waals surface area contributed by atoms with Crippen LogP contribution in [0.3, 0.4) is 0 Å². The summed E-state index contributed by atoms with van der Waals surface area (Å²) in [6, 6.07) is 17.6. The number of nitrogens with zero attached hydrogens (tertiary/aromatic N) is 1. The van der Waals surface area contributed by atoms with Crippen LogP contribution in [0.5, 0.6) is 0 Å². The second-order valence-corrected chi connectivity index (χ2v) is 6.26. The predicted molar refractivity (Wildman–Crippen MR) is 97.5 cm³/mol. The van der Waals surface area contributed by atoms with Gasteiger partial charge in [-0.2, -0.15) is 5.10 Å². The lowest BCUT2D eigenvalue weighted by molar-refractivity contribution is 0.0690. The van der Waals surface area contributed by atoms with Crippen molar-refractivity contribution in [2.24, 2.45) is 0 Å². The number of aromatic carboxylic acids is 1. The zero-order valence-electron chi connectivity index (χ0n) is 14.3. The number of amides is 1. The van der Waals surface area contributed by atoms with Crippen LogP contribution in [0.25, 0.3) is 11.1 Å². The number of hydrogen-bond donors (Lipinski definition) is 3. The van der Waals surface area contributed by atoms with E-state index in [4.69, 9.17) is 9.84 Å². The van der Waals surface area contributed by atoms with Gasteiger partial charge < -0.3 is 15.2 Å². The SMILES string of the molecule is O=C(NCc1cc(C(=O)O)n[nH]1)OCC1c2ccccc2-c2ccccc21. The van der Waals surface area contributed by atoms with E-state index in [1.165, 1.54) is 17.2 Å². The molecule has 0 saturated heterocycles. The molecule has 1 aromatic heterocycles. The molecular formula is C20H17N3O4. The molecule has 27 heavy (non-hydrogen) atoms. The minimum atomic E-state index is -1.13. The number of H-pyrrole nitrogens is 1. The van der Waals surface area contributed by atoms with Crippen LogP contribution in [0.4, 0.5) is 4.79 Å². The van der Waals surface area contributed by atoms with Gasteiger partial charge in [0.25, 0.3) is 0 Å². The fourth-order valence-electron chi connectivity index (χ4n) is 3.38. The summed E-state index contributed by atoms with van der Waals surface area (Å²) in [7, 11) is 0. The van der Waals surface area contributed by atoms with Crippen LogP contribution in [0.2, 0.25) is 0 Å². The largest absolute Gasteiger partial charge is 0.476 e. The number of ether oxygens (including phenoxy) is 1. The monoisotopic (exact) mass is 363 g/mol. The lowest BCUT2D eigenvalue weighted by atomic mass is 9.98. The zero-order chi connectivity index (χ0) is 18.8. The lowest BCUT2D eigenvalue weighted by Crippen LogP contribution is -2.25. The quantitative estimate of drug-likeness (QED) is 0.646. The van der Waals surface area contributed by atoms with Gasteiger partial charge in [0.05, 0.1) is 12.2 Å². The Morgan fingerprint density at radius 3 is 2.30 bits per heavy atom. The normalized spacial score (nSPS) is 12.3. The first-order chi connectivity index (χ1) is 13.1. The van der Waals surface area contributed by atoms with Crippen LogP contribution in [0, 0.1) is 0 Å². The minimum absolute atomic E-state index is 0.00563. The van der Waals surface area contributed by atoms with Crippen molar-refractivity contribution >= 4 is 12.1 Å². The number of carbonyl (C=O) groups excluding carboxylic acids is 1. The molecule has 0 unspecified atom stereocenters. The van der Waals surface area contributed by atoms with Gasteiger partial charge in [-0.3, -0.25) is 5.10 Å². The Kier molecular flexibility index (Phi) is 4.33. The number of rotatable bonds is 5. The highest BCUT2D eigenvalue weighted by Crippen LogP contribution is 2.44. The molecule has 0 aliphatic heterocycles. The summed E-state index contributed by atoms with van der Waals surface area (Å²) in [5, 5.41) is 17.6. The number of nitrogens with one attached hydrogen (secondary N) is 2. The first kappa shape index (κ1) is 16.8. The summed E-state index contributed by atoms with van der Waals surface area (Å²) in [6.45, 7) is 0.333. The van der Waals surface area contributed by atoms with Crippen molar-refractivity contribution in [3.8, 4) is 11.1 Å². The van der Waals surface area contributed by atoms with Gasteiger partial charge in [0.1, 0.15) is 6.61 Å². The van der Waals surface area contributed by atoms with Gasteiger partial charge in [-0.05, 0) is 28.3 Å². The average Bonchev–Trinajstić information content (AvgIpc) is 3.28. The first-order valence-corrected chi connectivity index (χ1v) is 8.50. The van der Waals surface area contributed by atoms with Crippen LogP contribution in [-0.2, 0) is 11.3 Å². The Hall–Kier alpha value is -3.61. The van der Waals surface area contributed by atoms with E-state index >= 15 is 0 Å². The van der Waals surface area contributed by atoms with Gasteiger partial charge in [-0.15, -0.1) is 0 Å². The fourth-order valence-corrected chi connectivity index (χ4v) is 3.38. The van der Waals surface area contributed by atoms with E-state index in [9.17, 15) is 9.59 Å². The summed E-state index contributed by atoms with van der Waals surface area (Å²) in [5.74, 6) is -1.13. The Morgan fingerprint density at radius 2 is 1.70 bits per heavy atom. The van der Waals surface area contributed by atoms with Gasteiger partial charge in [0.2, 0.25) is 0 Å². The maximum Gasteiger partial charge on any atom is 0.407 e. The zero-order valence-corrected chi connectivity index (χ0v) is 14.3. The van der Waals surface area contributed by atoms with E-state index in [-0.39, 0.29) is 24.8 Å². The third-order valence-corrected chi connectivity index (χ3v) is 4.62. The Labute approximate surface area is 155 Å². The molecule has 4 rings (SSSR count). The van der Waals surface area contributed by atoms with Gasteiger partial charge in [-0.1, -0.05) is 48.5 Å². The molecule has 1 amide bonds. The number of hydrogen-bond acceptors (Lipinski definition) is 4. The van der Waals surface area contributed by atoms with Crippen molar-refractivity contribution in [3.63, 3.8) is 0 Å². The average molecular weight is 363 g/mol. The Balaban J connectivity index is 1.39. The Bertz CT molecular complexity index is 966. The highest BCUT2D eigenvalue weighted by molar-refractivity contribution is 5.85. The number of carbonyl (C=O) groups is 2. The standard InChI is InChI=1S/C20H17N3O4/c24-19(25)18-9-12(22-23-18)10-21-20(26)27-11-17-15-7-3-1-5-13(15)14-6-2-4-8-16(14)17/h1-9,17H,10-11H2,(H,21,26)(H,22,23)(H,24,25). The third-order valence-electron chi connectivity index (χ3n) is 4.62. The Morgan fingerprint density at radius 1 is 1.07 bits per heavy atom. The van der Waals surface area contributed by atoms with Gasteiger partial charge in [-0.25, -0.2) is 9.59 Å². The fraction of sp³-hybridized carbons (Fsp3) is 0.150. The number of benzene rings is 2. The highest BCUT2D eigenvalue weighted by atomic mass is 16.5. The van der Waals surface area contributed by atoms with Crippen LogP contribution in [-0.4, -0.2) is 34.0 Å². The maximum absolute atomic E-state index is 12.1. The number of carboxylic acid groups (broad SMARTS) is 1. The number of fused-ring (bicyclic) bond motifs is 3. The molecule has 7 heteroatoms. The van der Waals surface area contributed by atoms with Crippen molar-refractivity contribution in [1.29, 1.82) is 0 Å². The van der Waals surface area contributed by atoms with Crippen LogP contribution >= 0.6 is 0 Å². The molecule has 1 heterocycles. The van der Waals surface area contributed by atoms with E-state index in [1.807, 2.05) is 24.3 Å². The van der Waals surface area contributed by atoms with E-state index in [1.54, 1.807) is 0 Å². The molecule has 136 valence electrons. The summed E-state index contributed by atoms with van der Waals surface area (Å²) in [4.78, 5) is 22.9. The van der Waals surface area contributed by atoms with Gasteiger partial charge in [0.15, 0.2) is 5.69 Å². The molecule has 1 aliphatic rings. The van der Waals surface area contributed by atoms with Crippen molar-refractivity contribution in [2.75, 3.05) is 6.61 Å². The van der Waals surface area contributed by atoms with E-state index in [2.05, 4.69) is 39.8 Å². The molecule has 0 bridgehead atoms. The summed E-state index contributed by atoms with van der Waals surface area (Å²) in [6.07, 6.45) is -0.566. The molecule has 0 spiro atoms. The topological polar surface area (TPSA) is 104 Å². The lowest BCUT2D eigenvalue weighted by Gasteiger charge is -2.14. The summed E-state index contributed by atoms with van der Waals surface area (Å²) < 4.78 is 5.41. The number of carboxylic acids is 1. The van der Waals surface area contributed by atoms with E-state index in [0.717, 1.165) is 11.1 Å². The predicted octanol–water partition coefficient (Wildman–Crippen LogP) is 3.15. The number of aromatic amines is 1. The molecular weight excluding hydrogens is 346 g/mol. The molecule has 0 atom stereocenters. The first-order valence-electron chi connectivity index (χ1n) is 8.50. The van der Waals surface area contributed by atoms with E-state index in [0.29, 0.717) is 5.69 Å². The molecule has 0 radical (unpaired) electrons. The maximum atomic E-state index is 12.1. The minimum Gasteiger partial charge on any atom is -0.476 e. The molecule has 0 fully saturated rings. The molecule has 1 aliphatic carbocycles. The van der Waals surface area contributed by atoms with Gasteiger partial charge in [0, 0.05) is 5.92 Å². The third kappa shape index (κ3) is 3.27. The van der Waals surface area contributed by atoms with Crippen LogP contribution < -0.4 is 5.32 Å². The second-order valence-electron chi connectivity index (χ2n) is 6.26.